The maximum absolute atomic E-state index is 13.2. The maximum atomic E-state index is 13.2. The lowest BCUT2D eigenvalue weighted by Crippen LogP contribution is -2.40. The van der Waals surface area contributed by atoms with Crippen molar-refractivity contribution in [2.45, 2.75) is 37.1 Å². The molecule has 9 heteroatoms. The molecular weight excluding hydrogens is 466 g/mol. The Bertz CT molecular complexity index is 1150. The molecule has 2 aromatic rings. The number of carbonyl (C=O) groups is 2. The van der Waals surface area contributed by atoms with Crippen LogP contribution in [0.5, 0.6) is 0 Å². The summed E-state index contributed by atoms with van der Waals surface area (Å²) in [5, 5.41) is 3.38. The molecule has 0 saturated carbocycles. The van der Waals surface area contributed by atoms with E-state index in [2.05, 4.69) is 5.32 Å². The Kier molecular flexibility index (Phi) is 8.20. The minimum absolute atomic E-state index is 0.00717. The van der Waals surface area contributed by atoms with Gasteiger partial charge in [0.15, 0.2) is 0 Å². The van der Waals surface area contributed by atoms with E-state index in [-0.39, 0.29) is 17.3 Å². The van der Waals surface area contributed by atoms with Crippen molar-refractivity contribution >= 4 is 21.9 Å². The first kappa shape index (κ1) is 25.3. The number of amides is 1. The largest absolute Gasteiger partial charge is 0.468 e. The number of piperidine rings is 1. The summed E-state index contributed by atoms with van der Waals surface area (Å²) in [5.74, 6) is 0.0669. The molecule has 0 aromatic heterocycles. The van der Waals surface area contributed by atoms with Gasteiger partial charge in [-0.2, -0.15) is 4.31 Å². The molecule has 35 heavy (non-hydrogen) atoms. The van der Waals surface area contributed by atoms with E-state index < -0.39 is 22.5 Å². The fourth-order valence-corrected chi connectivity index (χ4v) is 6.18. The van der Waals surface area contributed by atoms with Crippen LogP contribution in [-0.4, -0.2) is 69.3 Å². The molecule has 2 aliphatic heterocycles. The van der Waals surface area contributed by atoms with Crippen molar-refractivity contribution in [3.05, 3.63) is 65.2 Å². The van der Waals surface area contributed by atoms with Crippen molar-refractivity contribution in [3.8, 4) is 0 Å². The van der Waals surface area contributed by atoms with E-state index in [1.165, 1.54) is 19.2 Å². The number of rotatable bonds is 9. The predicted octanol–water partition coefficient (Wildman–Crippen LogP) is 2.44. The molecule has 0 aliphatic carbocycles. The lowest BCUT2D eigenvalue weighted by Gasteiger charge is -2.31. The molecule has 0 unspecified atom stereocenters. The van der Waals surface area contributed by atoms with Crippen LogP contribution < -0.4 is 5.32 Å². The molecule has 1 saturated heterocycles. The van der Waals surface area contributed by atoms with Crippen LogP contribution in [0.4, 0.5) is 0 Å². The number of esters is 1. The zero-order valence-electron chi connectivity index (χ0n) is 20.1. The Hall–Kier alpha value is -2.75. The first-order valence-corrected chi connectivity index (χ1v) is 13.6. The van der Waals surface area contributed by atoms with Crippen LogP contribution in [0.2, 0.25) is 0 Å². The van der Waals surface area contributed by atoms with Gasteiger partial charge in [-0.05, 0) is 74.0 Å². The fraction of sp³-hybridized carbons (Fsp3) is 0.462. The van der Waals surface area contributed by atoms with Gasteiger partial charge in [-0.3, -0.25) is 9.59 Å². The summed E-state index contributed by atoms with van der Waals surface area (Å²) >= 11 is 0. The summed E-state index contributed by atoms with van der Waals surface area (Å²) in [6, 6.07) is 13.5. The monoisotopic (exact) mass is 499 g/mol. The van der Waals surface area contributed by atoms with Gasteiger partial charge in [0.05, 0.1) is 12.0 Å². The lowest BCUT2D eigenvalue weighted by atomic mass is 9.93. The van der Waals surface area contributed by atoms with Crippen LogP contribution in [-0.2, 0) is 32.5 Å². The molecule has 2 aliphatic rings. The quantitative estimate of drug-likeness (QED) is 0.533. The molecule has 0 radical (unpaired) electrons. The number of methoxy groups -OCH3 is 1. The average molecular weight is 500 g/mol. The summed E-state index contributed by atoms with van der Waals surface area (Å²) in [4.78, 5) is 27.1. The summed E-state index contributed by atoms with van der Waals surface area (Å²) in [5.41, 5.74) is 2.32. The van der Waals surface area contributed by atoms with Crippen molar-refractivity contribution in [2.24, 2.45) is 5.92 Å². The fourth-order valence-electron chi connectivity index (χ4n) is 4.79. The third kappa shape index (κ3) is 6.09. The van der Waals surface area contributed by atoms with Crippen LogP contribution in [0.1, 0.15) is 40.7 Å². The number of ether oxygens (including phenoxy) is 1. The smallest absolute Gasteiger partial charge is 0.321 e. The second-order valence-electron chi connectivity index (χ2n) is 9.18. The van der Waals surface area contributed by atoms with Crippen molar-refractivity contribution < 1.29 is 22.7 Å². The Balaban J connectivity index is 1.48. The SMILES string of the molecule is COC(=O)CN(Cc1ccc2c(c1)CCN(CCC1CCNCC1)C2=O)S(=O)(=O)c1ccccc1. The number of benzene rings is 2. The van der Waals surface area contributed by atoms with Crippen molar-refractivity contribution in [1.29, 1.82) is 0 Å². The Morgan fingerprint density at radius 2 is 1.89 bits per heavy atom. The van der Waals surface area contributed by atoms with E-state index >= 15 is 0 Å². The number of hydrogen-bond acceptors (Lipinski definition) is 6. The Labute approximate surface area is 207 Å². The third-order valence-electron chi connectivity index (χ3n) is 6.88. The second-order valence-corrected chi connectivity index (χ2v) is 11.1. The van der Waals surface area contributed by atoms with Crippen LogP contribution in [0.15, 0.2) is 53.4 Å². The molecule has 0 bridgehead atoms. The highest BCUT2D eigenvalue weighted by Gasteiger charge is 2.29. The molecule has 2 heterocycles. The predicted molar refractivity (Wildman–Crippen MR) is 132 cm³/mol. The summed E-state index contributed by atoms with van der Waals surface area (Å²) in [6.07, 6.45) is 4.08. The van der Waals surface area contributed by atoms with Gasteiger partial charge in [0.1, 0.15) is 6.54 Å². The molecule has 188 valence electrons. The van der Waals surface area contributed by atoms with Gasteiger partial charge in [0.25, 0.3) is 5.91 Å². The summed E-state index contributed by atoms with van der Waals surface area (Å²) < 4.78 is 32.3. The van der Waals surface area contributed by atoms with E-state index in [4.69, 9.17) is 4.74 Å². The van der Waals surface area contributed by atoms with Crippen LogP contribution in [0, 0.1) is 5.92 Å². The van der Waals surface area contributed by atoms with Crippen molar-refractivity contribution in [3.63, 3.8) is 0 Å². The standard InChI is InChI=1S/C26H33N3O5S/c1-34-25(30)19-29(35(32,33)23-5-3-2-4-6-23)18-21-7-8-24-22(17-21)12-16-28(26(24)31)15-11-20-9-13-27-14-10-20/h2-8,17,20,27H,9-16,18-19H2,1H3. The molecule has 1 N–H and O–H groups in total. The third-order valence-corrected chi connectivity index (χ3v) is 8.68. The van der Waals surface area contributed by atoms with Crippen LogP contribution >= 0.6 is 0 Å². The minimum Gasteiger partial charge on any atom is -0.468 e. The lowest BCUT2D eigenvalue weighted by molar-refractivity contribution is -0.140. The van der Waals surface area contributed by atoms with Gasteiger partial charge in [-0.25, -0.2) is 8.42 Å². The minimum atomic E-state index is -3.91. The molecule has 0 atom stereocenters. The van der Waals surface area contributed by atoms with Crippen molar-refractivity contribution in [1.82, 2.24) is 14.5 Å². The van der Waals surface area contributed by atoms with E-state index in [1.807, 2.05) is 11.0 Å². The molecule has 1 fully saturated rings. The summed E-state index contributed by atoms with van der Waals surface area (Å²) in [7, 11) is -2.68. The molecular formula is C26H33N3O5S. The zero-order valence-corrected chi connectivity index (χ0v) is 20.9. The van der Waals surface area contributed by atoms with Crippen LogP contribution in [0.25, 0.3) is 0 Å². The van der Waals surface area contributed by atoms with Crippen molar-refractivity contribution in [2.75, 3.05) is 39.8 Å². The van der Waals surface area contributed by atoms with Gasteiger partial charge in [-0.15, -0.1) is 0 Å². The highest BCUT2D eigenvalue weighted by Crippen LogP contribution is 2.25. The second kappa shape index (κ2) is 11.3. The molecule has 1 amide bonds. The van der Waals surface area contributed by atoms with Gasteiger partial charge in [0, 0.05) is 25.2 Å². The van der Waals surface area contributed by atoms with Gasteiger partial charge in [-0.1, -0.05) is 30.3 Å². The van der Waals surface area contributed by atoms with Gasteiger partial charge < -0.3 is 15.0 Å². The van der Waals surface area contributed by atoms with Gasteiger partial charge in [0.2, 0.25) is 10.0 Å². The summed E-state index contributed by atoms with van der Waals surface area (Å²) in [6.45, 7) is 3.15. The Morgan fingerprint density at radius 3 is 2.60 bits per heavy atom. The molecule has 0 spiro atoms. The number of nitrogens with zero attached hydrogens (tertiary/aromatic N) is 2. The molecule has 8 nitrogen and oxygen atoms in total. The highest BCUT2D eigenvalue weighted by molar-refractivity contribution is 7.89. The zero-order chi connectivity index (χ0) is 24.8. The van der Waals surface area contributed by atoms with E-state index in [0.29, 0.717) is 18.0 Å². The number of sulfonamides is 1. The Morgan fingerprint density at radius 1 is 1.14 bits per heavy atom. The number of hydrogen-bond donors (Lipinski definition) is 1. The maximum Gasteiger partial charge on any atom is 0.321 e. The molecule has 2 aromatic carbocycles. The normalized spacial score (nSPS) is 16.9. The van der Waals surface area contributed by atoms with E-state index in [1.54, 1.807) is 30.3 Å². The number of fused-ring (bicyclic) bond motifs is 1. The van der Waals surface area contributed by atoms with Crippen LogP contribution in [0.3, 0.4) is 0 Å². The first-order valence-electron chi connectivity index (χ1n) is 12.1. The average Bonchev–Trinajstić information content (AvgIpc) is 2.89. The topological polar surface area (TPSA) is 96.0 Å². The molecule has 4 rings (SSSR count). The van der Waals surface area contributed by atoms with E-state index in [0.717, 1.165) is 60.7 Å². The van der Waals surface area contributed by atoms with Gasteiger partial charge >= 0.3 is 5.97 Å². The number of carbonyl (C=O) groups excluding carboxylic acids is 2. The number of nitrogens with one attached hydrogen (secondary N) is 1. The van der Waals surface area contributed by atoms with E-state index in [9.17, 15) is 18.0 Å². The highest BCUT2D eigenvalue weighted by atomic mass is 32.2. The first-order chi connectivity index (χ1) is 16.9.